The molecule has 1 aromatic carbocycles. The average molecular weight is 772 g/mol. The summed E-state index contributed by atoms with van der Waals surface area (Å²) in [4.78, 5) is 70.8. The summed E-state index contributed by atoms with van der Waals surface area (Å²) < 4.78 is 37.5. The monoisotopic (exact) mass is 771 g/mol. The Bertz CT molecular complexity index is 1780. The number of carbonyl (C=O) groups is 5. The first kappa shape index (κ1) is 40.0. The van der Waals surface area contributed by atoms with Crippen molar-refractivity contribution in [1.29, 1.82) is 0 Å². The highest BCUT2D eigenvalue weighted by Crippen LogP contribution is 2.34. The number of hydrogen-bond donors (Lipinski definition) is 3. The van der Waals surface area contributed by atoms with E-state index in [1.807, 2.05) is 35.9 Å². The molecule has 16 heteroatoms. The van der Waals surface area contributed by atoms with Gasteiger partial charge < -0.3 is 25.0 Å². The van der Waals surface area contributed by atoms with Crippen LogP contribution < -0.4 is 15.4 Å². The molecule has 3 N–H and O–H groups in total. The Morgan fingerprint density at radius 3 is 2.62 bits per heavy atom. The minimum Gasteiger partial charge on any atom is -0.450 e. The van der Waals surface area contributed by atoms with Gasteiger partial charge in [0, 0.05) is 36.1 Å². The third-order valence-corrected chi connectivity index (χ3v) is 12.4. The lowest BCUT2D eigenvalue weighted by atomic mass is 9.85. The molecule has 4 bridgehead atoms. The second-order valence-electron chi connectivity index (χ2n) is 14.8. The smallest absolute Gasteiger partial charge is 0.410 e. The lowest BCUT2D eigenvalue weighted by molar-refractivity contribution is -0.142. The van der Waals surface area contributed by atoms with E-state index in [1.54, 1.807) is 37.4 Å². The molecule has 1 unspecified atom stereocenters. The number of nitrogens with one attached hydrogen (secondary N) is 3. The minimum absolute atomic E-state index is 0.0166. The van der Waals surface area contributed by atoms with Crippen LogP contribution in [0, 0.1) is 23.2 Å². The van der Waals surface area contributed by atoms with E-state index in [0.717, 1.165) is 21.8 Å². The van der Waals surface area contributed by atoms with Gasteiger partial charge in [-0.3, -0.25) is 19.3 Å². The Morgan fingerprint density at radius 2 is 1.91 bits per heavy atom. The Morgan fingerprint density at radius 1 is 1.13 bits per heavy atom. The molecule has 1 aliphatic carbocycles. The molecule has 2 fully saturated rings. The molecule has 1 saturated heterocycles. The van der Waals surface area contributed by atoms with Crippen molar-refractivity contribution < 1.29 is 41.9 Å². The number of sulfonamides is 1. The number of nitrogens with zero attached hydrogens (tertiary/aromatic N) is 2. The molecule has 0 spiro atoms. The van der Waals surface area contributed by atoms with Crippen LogP contribution in [0.4, 0.5) is 9.59 Å². The molecule has 288 valence electrons. The fraction of sp³-hybridized carbons (Fsp3) is 0.595. The number of hydrogen-bond acceptors (Lipinski definition) is 10. The standard InChI is InChI=1S/C37H49N5O9S2/c1-5-24(13-16-31(43)40-53(48,49)27-14-15-27)20-38-33(44)29-19-26-22-42(29)34(45)32(37(2,3)4)39-35(46)50-17-8-6-7-9-18-52-30-12-10-11-25-21-41(23-28(25)30)36(47)51-26/h7,9-12,24,26-27,29,32H,5-6,8,14-15,17-23H2,1-4H3,(H,38,44)(H,39,46)(H,40,43)/b9-7+/t24-,26+,29?,32+/m0/s1. The van der Waals surface area contributed by atoms with Crippen molar-refractivity contribution in [1.82, 2.24) is 25.2 Å². The molecular formula is C37H49N5O9S2. The predicted octanol–water partition coefficient (Wildman–Crippen LogP) is 3.45. The highest BCUT2D eigenvalue weighted by atomic mass is 32.2. The number of carbonyl (C=O) groups excluding carboxylic acids is 5. The van der Waals surface area contributed by atoms with Gasteiger partial charge in [-0.1, -0.05) is 57.9 Å². The zero-order valence-corrected chi connectivity index (χ0v) is 32.3. The van der Waals surface area contributed by atoms with E-state index >= 15 is 0 Å². The van der Waals surface area contributed by atoms with Gasteiger partial charge in [-0.05, 0) is 60.6 Å². The lowest BCUT2D eigenvalue weighted by Gasteiger charge is -2.35. The van der Waals surface area contributed by atoms with E-state index in [-0.39, 0.29) is 26.1 Å². The molecule has 1 saturated carbocycles. The molecule has 4 aliphatic rings. The summed E-state index contributed by atoms with van der Waals surface area (Å²) in [6.45, 7) is 8.03. The van der Waals surface area contributed by atoms with Crippen LogP contribution in [0.3, 0.4) is 0 Å². The fourth-order valence-corrected chi connectivity index (χ4v) is 8.52. The van der Waals surface area contributed by atoms with E-state index in [2.05, 4.69) is 28.6 Å². The quantitative estimate of drug-likeness (QED) is 0.287. The number of fused-ring (bicyclic) bond motifs is 3. The van der Waals surface area contributed by atoms with Crippen LogP contribution >= 0.6 is 11.8 Å². The zero-order valence-electron chi connectivity index (χ0n) is 30.6. The van der Waals surface area contributed by atoms with Crippen LogP contribution in [0.15, 0.2) is 35.2 Å². The Labute approximate surface area is 315 Å². The Hall–Kier alpha value is -4.23. The van der Waals surface area contributed by atoms with Crippen molar-refractivity contribution in [2.45, 2.75) is 108 Å². The maximum absolute atomic E-state index is 14.3. The first-order valence-corrected chi connectivity index (χ1v) is 20.6. The van der Waals surface area contributed by atoms with Crippen molar-refractivity contribution in [2.24, 2.45) is 11.3 Å². The van der Waals surface area contributed by atoms with Crippen molar-refractivity contribution in [3.63, 3.8) is 0 Å². The normalized spacial score (nSPS) is 24.0. The SMILES string of the molecule is CC[C@@H](C#CC(=O)NS(=O)(=O)C1CC1)CNC(=O)C1C[C@@H]2CN1C(=O)[C@H](C(C)(C)C)NC(=O)OCCC/C=C/CSc1cccc3c1CN(C3)C(=O)O2. The molecule has 0 radical (unpaired) electrons. The highest BCUT2D eigenvalue weighted by molar-refractivity contribution is 7.99. The maximum Gasteiger partial charge on any atom is 0.410 e. The first-order chi connectivity index (χ1) is 25.2. The van der Waals surface area contributed by atoms with E-state index < -0.39 is 74.7 Å². The molecule has 5 amide bonds. The number of cyclic esters (lactones) is 1. The fourth-order valence-electron chi connectivity index (χ4n) is 6.33. The number of ether oxygens (including phenoxy) is 2. The third-order valence-electron chi connectivity index (χ3n) is 9.54. The zero-order chi connectivity index (χ0) is 38.3. The minimum atomic E-state index is -3.74. The molecule has 3 heterocycles. The van der Waals surface area contributed by atoms with Gasteiger partial charge in [0.05, 0.1) is 24.9 Å². The number of thioether (sulfide) groups is 1. The second kappa shape index (κ2) is 17.3. The van der Waals surface area contributed by atoms with Crippen LogP contribution in [-0.4, -0.2) is 97.0 Å². The van der Waals surface area contributed by atoms with Gasteiger partial charge in [-0.15, -0.1) is 11.8 Å². The van der Waals surface area contributed by atoms with E-state index in [9.17, 15) is 32.4 Å². The van der Waals surface area contributed by atoms with Gasteiger partial charge >= 0.3 is 18.1 Å². The highest BCUT2D eigenvalue weighted by Gasteiger charge is 2.47. The summed E-state index contributed by atoms with van der Waals surface area (Å²) in [7, 11) is -3.74. The van der Waals surface area contributed by atoms with Gasteiger partial charge in [0.25, 0.3) is 0 Å². The van der Waals surface area contributed by atoms with Crippen LogP contribution in [-0.2, 0) is 47.0 Å². The summed E-state index contributed by atoms with van der Waals surface area (Å²) in [6, 6.07) is 3.88. The lowest BCUT2D eigenvalue weighted by Crippen LogP contribution is -2.58. The number of allylic oxidation sites excluding steroid dienone is 1. The molecule has 3 aliphatic heterocycles. The average Bonchev–Trinajstić information content (AvgIpc) is 3.75. The summed E-state index contributed by atoms with van der Waals surface area (Å²) in [5.74, 6) is 3.31. The maximum atomic E-state index is 14.3. The Balaban J connectivity index is 1.33. The molecule has 4 atom stereocenters. The Kier molecular flexibility index (Phi) is 13.0. The van der Waals surface area contributed by atoms with Gasteiger partial charge in [0.2, 0.25) is 21.8 Å². The van der Waals surface area contributed by atoms with Crippen molar-refractivity contribution >= 4 is 51.7 Å². The molecule has 14 nitrogen and oxygen atoms in total. The topological polar surface area (TPSA) is 181 Å². The van der Waals surface area contributed by atoms with Crippen LogP contribution in [0.25, 0.3) is 0 Å². The van der Waals surface area contributed by atoms with E-state index in [1.165, 1.54) is 4.90 Å². The van der Waals surface area contributed by atoms with E-state index in [0.29, 0.717) is 45.2 Å². The van der Waals surface area contributed by atoms with E-state index in [4.69, 9.17) is 9.47 Å². The van der Waals surface area contributed by atoms with Crippen molar-refractivity contribution in [2.75, 3.05) is 25.4 Å². The summed E-state index contributed by atoms with van der Waals surface area (Å²) in [6.07, 6.45) is 4.74. The van der Waals surface area contributed by atoms with Crippen LogP contribution in [0.5, 0.6) is 0 Å². The van der Waals surface area contributed by atoms with Gasteiger partial charge in [0.15, 0.2) is 0 Å². The molecular weight excluding hydrogens is 723 g/mol. The van der Waals surface area contributed by atoms with Gasteiger partial charge in [-0.25, -0.2) is 22.7 Å². The molecule has 0 aromatic heterocycles. The molecule has 53 heavy (non-hydrogen) atoms. The van der Waals surface area contributed by atoms with Crippen molar-refractivity contribution in [3.8, 4) is 11.8 Å². The van der Waals surface area contributed by atoms with Crippen LogP contribution in [0.2, 0.25) is 0 Å². The molecule has 1 aromatic rings. The third kappa shape index (κ3) is 10.7. The molecule has 5 rings (SSSR count). The van der Waals surface area contributed by atoms with Crippen molar-refractivity contribution in [3.05, 3.63) is 41.5 Å². The summed E-state index contributed by atoms with van der Waals surface area (Å²) in [5.41, 5.74) is 1.32. The summed E-state index contributed by atoms with van der Waals surface area (Å²) >= 11 is 1.68. The second-order valence-corrected chi connectivity index (χ2v) is 17.8. The number of alkyl carbamates (subject to hydrolysis) is 1. The van der Waals surface area contributed by atoms with Gasteiger partial charge in [-0.2, -0.15) is 0 Å². The van der Waals surface area contributed by atoms with Crippen LogP contribution in [0.1, 0.15) is 77.3 Å². The summed E-state index contributed by atoms with van der Waals surface area (Å²) in [5, 5.41) is 4.96. The predicted molar refractivity (Wildman–Crippen MR) is 198 cm³/mol. The number of amides is 5. The van der Waals surface area contributed by atoms with Gasteiger partial charge in [0.1, 0.15) is 18.2 Å². The largest absolute Gasteiger partial charge is 0.450 e. The number of rotatable bonds is 6. The number of benzene rings is 1. The first-order valence-electron chi connectivity index (χ1n) is 18.1.